The molecule has 4 nitrogen and oxygen atoms in total. The molecular weight excluding hydrogens is 648 g/mol. The van der Waals surface area contributed by atoms with Gasteiger partial charge in [0.1, 0.15) is 7.05 Å². The zero-order valence-corrected chi connectivity index (χ0v) is 31.3. The van der Waals surface area contributed by atoms with Gasteiger partial charge in [0.05, 0.1) is 0 Å². The summed E-state index contributed by atoms with van der Waals surface area (Å²) in [5.41, 5.74) is -2.74. The van der Waals surface area contributed by atoms with E-state index in [1.54, 1.807) is 0 Å². The Morgan fingerprint density at radius 1 is 1.04 bits per heavy atom. The molecule has 0 unspecified atom stereocenters. The van der Waals surface area contributed by atoms with Gasteiger partial charge in [-0.1, -0.05) is 76.8 Å². The zero-order valence-electron chi connectivity index (χ0n) is 28.8. The Hall–Kier alpha value is -0.710. The van der Waals surface area contributed by atoms with Crippen LogP contribution in [0.3, 0.4) is 0 Å². The molecule has 5 rings (SSSR count). The fourth-order valence-corrected chi connectivity index (χ4v) is 12.8. The standard InChI is InChI=1S/C35H56NS2.CHF3O3S/c1-8-26(24(2)3)13-12-25(4)30-16-17-31-29-15-14-27-23-28(37-38-33-11-9-10-22-36(33)7)18-20-34(27,5)32(29)19-21-35(30,31)6;2-1(3,4)8(5,6)7/h9-11,14,22,24-26,28-32H,8,12-13,15-21,23H2,1-7H3;(H,5,6,7)/q+1;/p-1/t25-,26-,28+,29+,30-,31+,32+,34+,35-;/m1./s1. The third kappa shape index (κ3) is 8.18. The third-order valence-electron chi connectivity index (χ3n) is 12.8. The van der Waals surface area contributed by atoms with Crippen molar-refractivity contribution in [2.75, 3.05) is 0 Å². The number of pyridine rings is 1. The van der Waals surface area contributed by atoms with Gasteiger partial charge in [-0.15, -0.1) is 0 Å². The Kier molecular flexibility index (Phi) is 12.5. The summed E-state index contributed by atoms with van der Waals surface area (Å²) >= 11 is 0. The summed E-state index contributed by atoms with van der Waals surface area (Å²) in [6.45, 7) is 15.3. The number of hydrogen-bond donors (Lipinski definition) is 0. The number of aromatic nitrogens is 1. The van der Waals surface area contributed by atoms with Crippen LogP contribution in [-0.2, 0) is 17.2 Å². The van der Waals surface area contributed by atoms with E-state index in [1.165, 1.54) is 75.7 Å². The van der Waals surface area contributed by atoms with Crippen molar-refractivity contribution in [1.82, 2.24) is 0 Å². The molecule has 0 bridgehead atoms. The normalized spacial score (nSPS) is 34.0. The molecule has 3 saturated carbocycles. The number of hydrogen-bond acceptors (Lipinski definition) is 5. The van der Waals surface area contributed by atoms with E-state index in [1.807, 2.05) is 16.4 Å². The first-order chi connectivity index (χ1) is 21.4. The highest BCUT2D eigenvalue weighted by Gasteiger charge is 2.59. The highest BCUT2D eigenvalue weighted by atomic mass is 33.1. The number of allylic oxidation sites excluding steroid dienone is 2. The molecule has 1 heterocycles. The van der Waals surface area contributed by atoms with Crippen molar-refractivity contribution in [3.8, 4) is 0 Å². The molecule has 0 N–H and O–H groups in total. The molecule has 3 fully saturated rings. The van der Waals surface area contributed by atoms with E-state index in [2.05, 4.69) is 94.4 Å². The van der Waals surface area contributed by atoms with Gasteiger partial charge >= 0.3 is 5.51 Å². The predicted octanol–water partition coefficient (Wildman–Crippen LogP) is 10.3. The largest absolute Gasteiger partial charge is 0.741 e. The van der Waals surface area contributed by atoms with Crippen LogP contribution in [0.4, 0.5) is 13.2 Å². The van der Waals surface area contributed by atoms with Crippen molar-refractivity contribution >= 4 is 31.7 Å². The van der Waals surface area contributed by atoms with E-state index in [0.717, 1.165) is 46.7 Å². The summed E-state index contributed by atoms with van der Waals surface area (Å²) in [5, 5.41) is 2.13. The molecule has 0 spiro atoms. The Morgan fingerprint density at radius 2 is 1.74 bits per heavy atom. The molecule has 0 radical (unpaired) electrons. The minimum Gasteiger partial charge on any atom is -0.741 e. The molecule has 4 aliphatic rings. The number of alkyl halides is 3. The van der Waals surface area contributed by atoms with Crippen molar-refractivity contribution in [2.45, 2.75) is 128 Å². The first-order valence-electron chi connectivity index (χ1n) is 17.4. The Bertz CT molecular complexity index is 1320. The van der Waals surface area contributed by atoms with E-state index >= 15 is 0 Å². The molecule has 1 aromatic heterocycles. The lowest BCUT2D eigenvalue weighted by atomic mass is 9.47. The number of rotatable bonds is 9. The van der Waals surface area contributed by atoms with Crippen LogP contribution < -0.4 is 4.57 Å². The van der Waals surface area contributed by atoms with Gasteiger partial charge in [-0.25, -0.2) is 8.42 Å². The lowest BCUT2D eigenvalue weighted by Crippen LogP contribution is -2.50. The molecule has 0 aliphatic heterocycles. The second kappa shape index (κ2) is 15.0. The van der Waals surface area contributed by atoms with E-state index in [4.69, 9.17) is 13.0 Å². The van der Waals surface area contributed by atoms with E-state index < -0.39 is 15.6 Å². The maximum Gasteiger partial charge on any atom is 0.485 e. The fourth-order valence-electron chi connectivity index (χ4n) is 10.1. The first kappa shape index (κ1) is 38.1. The molecule has 0 aromatic carbocycles. The number of nitrogens with zero attached hydrogens (tertiary/aromatic N) is 1. The van der Waals surface area contributed by atoms with Crippen LogP contribution in [0, 0.1) is 52.3 Å². The molecule has 4 aliphatic carbocycles. The summed E-state index contributed by atoms with van der Waals surface area (Å²) in [7, 11) is 0.202. The average Bonchev–Trinajstić information content (AvgIpc) is 3.33. The predicted molar refractivity (Wildman–Crippen MR) is 183 cm³/mol. The first-order valence-corrected chi connectivity index (χ1v) is 21.0. The molecule has 0 amide bonds. The van der Waals surface area contributed by atoms with Gasteiger partial charge in [-0.05, 0) is 116 Å². The van der Waals surface area contributed by atoms with Gasteiger partial charge in [0.15, 0.2) is 16.3 Å². The minimum atomic E-state index is -6.09. The summed E-state index contributed by atoms with van der Waals surface area (Å²) in [6.07, 6.45) is 20.7. The topological polar surface area (TPSA) is 61.1 Å². The SMILES string of the molecule is CC[C@H](CC[C@@H](C)[C@H]1CC[C@H]2[C@@H]3CC=C4C[C@@H](SSc5cccc[n+]5C)CC[C@]4(C)[C@H]3CC[C@]12C)C(C)C.O=S(=O)([O-])C(F)(F)F. The summed E-state index contributed by atoms with van der Waals surface area (Å²) in [4.78, 5) is 0. The van der Waals surface area contributed by atoms with Crippen molar-refractivity contribution in [3.63, 3.8) is 0 Å². The molecule has 0 saturated heterocycles. The Balaban J connectivity index is 0.000000533. The summed E-state index contributed by atoms with van der Waals surface area (Å²) in [6, 6.07) is 6.56. The van der Waals surface area contributed by atoms with Crippen molar-refractivity contribution < 1.29 is 30.7 Å². The molecule has 9 atom stereocenters. The highest BCUT2D eigenvalue weighted by Crippen LogP contribution is 2.68. The molecule has 46 heavy (non-hydrogen) atoms. The van der Waals surface area contributed by atoms with Crippen LogP contribution in [0.5, 0.6) is 0 Å². The summed E-state index contributed by atoms with van der Waals surface area (Å²) < 4.78 is 61.2. The number of fused-ring (bicyclic) bond motifs is 5. The van der Waals surface area contributed by atoms with Crippen LogP contribution in [0.25, 0.3) is 0 Å². The second-order valence-corrected chi connectivity index (χ2v) is 19.4. The molecule has 10 heteroatoms. The van der Waals surface area contributed by atoms with E-state index in [0.29, 0.717) is 10.8 Å². The van der Waals surface area contributed by atoms with Crippen LogP contribution in [-0.4, -0.2) is 23.7 Å². The monoisotopic (exact) mass is 703 g/mol. The lowest BCUT2D eigenvalue weighted by Gasteiger charge is -2.58. The van der Waals surface area contributed by atoms with Crippen LogP contribution in [0.2, 0.25) is 0 Å². The maximum atomic E-state index is 10.7. The average molecular weight is 704 g/mol. The molecule has 1 aromatic rings. The van der Waals surface area contributed by atoms with Gasteiger partial charge in [0, 0.05) is 28.2 Å². The molecular formula is C36H56F3NO3S3. The fraction of sp³-hybridized carbons (Fsp3) is 0.806. The van der Waals surface area contributed by atoms with Gasteiger partial charge in [0.2, 0.25) is 5.03 Å². The van der Waals surface area contributed by atoms with Gasteiger partial charge in [0.25, 0.3) is 0 Å². The van der Waals surface area contributed by atoms with Crippen molar-refractivity contribution in [3.05, 3.63) is 36.0 Å². The summed E-state index contributed by atoms with van der Waals surface area (Å²) in [5.74, 6) is 6.47. The zero-order chi connectivity index (χ0) is 34.1. The lowest BCUT2D eigenvalue weighted by molar-refractivity contribution is -0.708. The highest BCUT2D eigenvalue weighted by molar-refractivity contribution is 8.76. The van der Waals surface area contributed by atoms with E-state index in [-0.39, 0.29) is 0 Å². The second-order valence-electron chi connectivity index (χ2n) is 15.5. The van der Waals surface area contributed by atoms with Crippen LogP contribution in [0.15, 0.2) is 41.1 Å². The molecule has 262 valence electrons. The number of aryl methyl sites for hydroxylation is 1. The third-order valence-corrected chi connectivity index (χ3v) is 16.4. The Morgan fingerprint density at radius 3 is 2.35 bits per heavy atom. The van der Waals surface area contributed by atoms with Crippen LogP contribution in [0.1, 0.15) is 112 Å². The van der Waals surface area contributed by atoms with E-state index in [9.17, 15) is 13.2 Å². The maximum absolute atomic E-state index is 10.7. The minimum absolute atomic E-state index is 0.471. The van der Waals surface area contributed by atoms with Crippen molar-refractivity contribution in [2.24, 2.45) is 59.3 Å². The number of halogens is 3. The van der Waals surface area contributed by atoms with Gasteiger partial charge < -0.3 is 4.55 Å². The van der Waals surface area contributed by atoms with Crippen LogP contribution >= 0.6 is 21.6 Å². The van der Waals surface area contributed by atoms with Gasteiger partial charge in [-0.2, -0.15) is 17.7 Å². The quantitative estimate of drug-likeness (QED) is 0.0842. The smallest absolute Gasteiger partial charge is 0.485 e. The Labute approximate surface area is 284 Å². The van der Waals surface area contributed by atoms with Crippen molar-refractivity contribution in [1.29, 1.82) is 0 Å². The van der Waals surface area contributed by atoms with Gasteiger partial charge in [-0.3, -0.25) is 0 Å².